The molecule has 66 valence electrons. The monoisotopic (exact) mass is 257 g/mol. The van der Waals surface area contributed by atoms with Gasteiger partial charge in [0, 0.05) is 17.2 Å². The number of halogens is 4. The van der Waals surface area contributed by atoms with E-state index in [1.54, 1.807) is 0 Å². The molecule has 1 unspecified atom stereocenters. The Bertz CT molecular complexity index is 138. The summed E-state index contributed by atoms with van der Waals surface area (Å²) in [5.41, 5.74) is -2.82. The fourth-order valence-electron chi connectivity index (χ4n) is 0.273. The third kappa shape index (κ3) is 9.06. The normalized spacial score (nSPS) is 15.7. The number of nitrogens with zero attached hydrogens (tertiary/aromatic N) is 2. The summed E-state index contributed by atoms with van der Waals surface area (Å²) in [4.78, 5) is 3.30. The molecule has 0 aliphatic carbocycles. The van der Waals surface area contributed by atoms with E-state index >= 15 is 0 Å². The zero-order chi connectivity index (χ0) is 8.91. The van der Waals surface area contributed by atoms with Gasteiger partial charge in [-0.05, 0) is 0 Å². The first-order valence-corrected chi connectivity index (χ1v) is 7.59. The molecule has 8 heteroatoms. The van der Waals surface area contributed by atoms with Crippen molar-refractivity contribution in [1.82, 2.24) is 0 Å². The van der Waals surface area contributed by atoms with Crippen LogP contribution in [0.25, 0.3) is 0 Å². The van der Waals surface area contributed by atoms with Gasteiger partial charge in [0.25, 0.3) is 0 Å². The second-order valence-electron chi connectivity index (χ2n) is 1.58. The van der Waals surface area contributed by atoms with Crippen LogP contribution in [0.4, 0.5) is 0 Å². The minimum absolute atomic E-state index is 0.290. The molecular formula is C3H6Cl4N2OP+. The summed E-state index contributed by atoms with van der Waals surface area (Å²) < 4.78 is 0. The molecule has 0 saturated carbocycles. The fraction of sp³-hybridized carbons (Fsp3) is 1.00. The van der Waals surface area contributed by atoms with Crippen molar-refractivity contribution in [3.05, 3.63) is 0 Å². The average molecular weight is 259 g/mol. The number of hydrogen-bond donors (Lipinski definition) is 1. The summed E-state index contributed by atoms with van der Waals surface area (Å²) in [5, 5.41) is 12.2. The van der Waals surface area contributed by atoms with Crippen molar-refractivity contribution in [3.8, 4) is 0 Å². The smallest absolute Gasteiger partial charge is 0.370 e. The van der Waals surface area contributed by atoms with Crippen LogP contribution >= 0.6 is 50.8 Å². The van der Waals surface area contributed by atoms with Crippen molar-refractivity contribution in [2.24, 2.45) is 10.00 Å². The maximum absolute atomic E-state index is 8.91. The van der Waals surface area contributed by atoms with Crippen LogP contribution in [-0.4, -0.2) is 17.2 Å². The second-order valence-corrected chi connectivity index (χ2v) is 8.94. The summed E-state index contributed by atoms with van der Waals surface area (Å²) >= 11 is 21.2. The van der Waals surface area contributed by atoms with E-state index in [-0.39, 0.29) is 0 Å². The molecule has 0 amide bonds. The average Bonchev–Trinajstić information content (AvgIpc) is 1.83. The lowest BCUT2D eigenvalue weighted by Gasteiger charge is -1.97. The van der Waals surface area contributed by atoms with E-state index in [0.29, 0.717) is 12.3 Å². The van der Waals surface area contributed by atoms with Crippen LogP contribution in [0, 0.1) is 0 Å². The summed E-state index contributed by atoms with van der Waals surface area (Å²) in [6.07, 6.45) is -0.668. The van der Waals surface area contributed by atoms with Gasteiger partial charge in [0.15, 0.2) is 40.0 Å². The SMILES string of the molecule is OC(CCCl)N=N[P+](Cl)(Cl)Cl. The summed E-state index contributed by atoms with van der Waals surface area (Å²) in [7, 11) is 0. The van der Waals surface area contributed by atoms with Gasteiger partial charge in [-0.25, -0.2) is 0 Å². The molecule has 0 aromatic rings. The maximum Gasteiger partial charge on any atom is 0.444 e. The Labute approximate surface area is 84.4 Å². The molecule has 1 N–H and O–H groups in total. The fourth-order valence-corrected chi connectivity index (χ4v) is 1.06. The first-order chi connectivity index (χ1) is 4.95. The van der Waals surface area contributed by atoms with Crippen LogP contribution in [0.2, 0.25) is 0 Å². The van der Waals surface area contributed by atoms with Crippen LogP contribution < -0.4 is 0 Å². The lowest BCUT2D eigenvalue weighted by Crippen LogP contribution is -2.01. The van der Waals surface area contributed by atoms with Gasteiger partial charge in [0.2, 0.25) is 0 Å². The molecule has 0 aliphatic rings. The second kappa shape index (κ2) is 5.74. The Morgan fingerprint density at radius 1 is 1.36 bits per heavy atom. The Hall–Kier alpha value is 1.15. The molecule has 0 radical (unpaired) electrons. The molecule has 0 heterocycles. The highest BCUT2D eigenvalue weighted by Gasteiger charge is 2.33. The van der Waals surface area contributed by atoms with Gasteiger partial charge in [0.1, 0.15) is 0 Å². The van der Waals surface area contributed by atoms with Crippen molar-refractivity contribution >= 4 is 50.8 Å². The van der Waals surface area contributed by atoms with Gasteiger partial charge in [-0.2, -0.15) is 0 Å². The van der Waals surface area contributed by atoms with E-state index in [2.05, 4.69) is 10.00 Å². The highest BCUT2D eigenvalue weighted by molar-refractivity contribution is 8.31. The number of alkyl halides is 1. The molecule has 0 aromatic heterocycles. The number of aliphatic hydroxyl groups excluding tert-OH is 1. The Morgan fingerprint density at radius 2 is 1.91 bits per heavy atom. The number of aliphatic hydroxyl groups is 1. The van der Waals surface area contributed by atoms with Crippen molar-refractivity contribution < 1.29 is 5.11 Å². The van der Waals surface area contributed by atoms with Crippen LogP contribution in [0.3, 0.4) is 0 Å². The molecular weight excluding hydrogens is 253 g/mol. The van der Waals surface area contributed by atoms with Crippen molar-refractivity contribution in [2.45, 2.75) is 12.6 Å². The molecule has 1 atom stereocenters. The van der Waals surface area contributed by atoms with E-state index in [0.717, 1.165) is 0 Å². The molecule has 0 aliphatic heterocycles. The summed E-state index contributed by atoms with van der Waals surface area (Å²) in [6, 6.07) is 0. The number of hydrogen-bond acceptors (Lipinski definition) is 3. The van der Waals surface area contributed by atoms with Gasteiger partial charge in [0.05, 0.1) is 0 Å². The van der Waals surface area contributed by atoms with E-state index in [1.807, 2.05) is 0 Å². The topological polar surface area (TPSA) is 45.0 Å². The predicted octanol–water partition coefficient (Wildman–Crippen LogP) is 3.78. The lowest BCUT2D eigenvalue weighted by molar-refractivity contribution is 0.175. The Morgan fingerprint density at radius 3 is 2.27 bits per heavy atom. The standard InChI is InChI=1S/C3H6Cl4N2OP/c4-2-1-3(10)8-9-11(5,6)7/h3,10H,1-2H2/q+1. The van der Waals surface area contributed by atoms with Crippen LogP contribution in [0.5, 0.6) is 0 Å². The molecule has 0 spiro atoms. The minimum atomic E-state index is -2.82. The van der Waals surface area contributed by atoms with Gasteiger partial charge < -0.3 is 5.11 Å². The molecule has 0 saturated heterocycles. The molecule has 0 bridgehead atoms. The summed E-state index contributed by atoms with van der Waals surface area (Å²) in [6.45, 7) is 0. The predicted molar refractivity (Wildman–Crippen MR) is 50.7 cm³/mol. The quantitative estimate of drug-likeness (QED) is 0.466. The lowest BCUT2D eigenvalue weighted by atomic mass is 10.4. The van der Waals surface area contributed by atoms with Gasteiger partial charge in [-0.15, -0.1) is 16.7 Å². The van der Waals surface area contributed by atoms with E-state index in [1.165, 1.54) is 0 Å². The Balaban J connectivity index is 3.73. The third-order valence-corrected chi connectivity index (χ3v) is 1.79. The van der Waals surface area contributed by atoms with Crippen LogP contribution in [0.1, 0.15) is 6.42 Å². The van der Waals surface area contributed by atoms with Crippen molar-refractivity contribution in [3.63, 3.8) is 0 Å². The highest BCUT2D eigenvalue weighted by Crippen LogP contribution is 2.75. The van der Waals surface area contributed by atoms with Gasteiger partial charge in [-0.1, -0.05) is 0 Å². The highest BCUT2D eigenvalue weighted by atomic mass is 36.1. The molecule has 3 nitrogen and oxygen atoms in total. The zero-order valence-corrected chi connectivity index (χ0v) is 9.21. The molecule has 0 rings (SSSR count). The zero-order valence-electron chi connectivity index (χ0n) is 5.29. The van der Waals surface area contributed by atoms with Crippen LogP contribution in [0.15, 0.2) is 10.00 Å². The minimum Gasteiger partial charge on any atom is -0.370 e. The van der Waals surface area contributed by atoms with Gasteiger partial charge >= 0.3 is 5.47 Å². The van der Waals surface area contributed by atoms with Crippen molar-refractivity contribution in [1.29, 1.82) is 0 Å². The number of rotatable bonds is 4. The molecule has 11 heavy (non-hydrogen) atoms. The largest absolute Gasteiger partial charge is 0.444 e. The first kappa shape index (κ1) is 12.2. The van der Waals surface area contributed by atoms with E-state index in [9.17, 15) is 0 Å². The third-order valence-electron chi connectivity index (χ3n) is 0.654. The Kier molecular flexibility index (Phi) is 6.34. The van der Waals surface area contributed by atoms with Crippen LogP contribution in [-0.2, 0) is 0 Å². The van der Waals surface area contributed by atoms with E-state index < -0.39 is 11.7 Å². The van der Waals surface area contributed by atoms with E-state index in [4.69, 9.17) is 50.4 Å². The summed E-state index contributed by atoms with van der Waals surface area (Å²) in [5.74, 6) is 0.290. The molecule has 0 aromatic carbocycles. The van der Waals surface area contributed by atoms with Crippen molar-refractivity contribution in [2.75, 3.05) is 5.88 Å². The maximum atomic E-state index is 8.91. The first-order valence-electron chi connectivity index (χ1n) is 2.60. The molecule has 0 fully saturated rings. The van der Waals surface area contributed by atoms with Gasteiger partial charge in [-0.3, -0.25) is 0 Å².